The molecule has 7 heteroatoms. The largest absolute Gasteiger partial charge is 0.473 e. The summed E-state index contributed by atoms with van der Waals surface area (Å²) < 4.78 is 14.1. The zero-order valence-electron chi connectivity index (χ0n) is 11.3. The van der Waals surface area contributed by atoms with E-state index in [9.17, 15) is 5.11 Å². The number of aromatic nitrogens is 2. The number of hydrogen-bond acceptors (Lipinski definition) is 6. The molecule has 0 saturated carbocycles. The normalized spacial score (nSPS) is 12.2. The summed E-state index contributed by atoms with van der Waals surface area (Å²) in [5, 5.41) is 13.2. The van der Waals surface area contributed by atoms with E-state index in [4.69, 9.17) is 4.74 Å². The number of nitrogens with one attached hydrogen (secondary N) is 1. The smallest absolute Gasteiger partial charge is 0.245 e. The molecule has 0 aliphatic carbocycles. The minimum atomic E-state index is -0.612. The molecule has 0 fully saturated rings. The first-order valence-electron chi connectivity index (χ1n) is 6.15. The van der Waals surface area contributed by atoms with Crippen LogP contribution in [0, 0.1) is 13.8 Å². The molecule has 0 amide bonds. The quantitative estimate of drug-likeness (QED) is 0.831. The van der Waals surface area contributed by atoms with Crippen molar-refractivity contribution in [2.75, 3.05) is 18.5 Å². The van der Waals surface area contributed by atoms with Crippen molar-refractivity contribution in [2.45, 2.75) is 20.0 Å². The van der Waals surface area contributed by atoms with Gasteiger partial charge in [0.2, 0.25) is 5.88 Å². The van der Waals surface area contributed by atoms with Gasteiger partial charge in [0, 0.05) is 16.7 Å². The Bertz CT molecular complexity index is 540. The minimum Gasteiger partial charge on any atom is -0.473 e. The highest BCUT2D eigenvalue weighted by Gasteiger charge is 2.09. The van der Waals surface area contributed by atoms with Gasteiger partial charge in [-0.2, -0.15) is 4.37 Å². The standard InChI is InChI=1S/C13H16BrN3O2S/c1-8-3-10(14)4-9(2)13(8)15-5-11(18)7-19-12-6-16-20-17-12/h3-4,6,11,15,18H,5,7H2,1-2H3. The first-order valence-corrected chi connectivity index (χ1v) is 7.67. The molecule has 20 heavy (non-hydrogen) atoms. The number of benzene rings is 1. The van der Waals surface area contributed by atoms with Gasteiger partial charge in [-0.3, -0.25) is 0 Å². The Morgan fingerprint density at radius 3 is 2.70 bits per heavy atom. The lowest BCUT2D eigenvalue weighted by Crippen LogP contribution is -2.26. The first-order chi connectivity index (χ1) is 9.56. The molecule has 0 saturated heterocycles. The van der Waals surface area contributed by atoms with Crippen molar-refractivity contribution < 1.29 is 9.84 Å². The molecule has 1 atom stereocenters. The van der Waals surface area contributed by atoms with Crippen LogP contribution in [0.5, 0.6) is 5.88 Å². The fourth-order valence-electron chi connectivity index (χ4n) is 1.87. The van der Waals surface area contributed by atoms with Crippen molar-refractivity contribution >= 4 is 33.3 Å². The average Bonchev–Trinajstić information content (AvgIpc) is 2.88. The van der Waals surface area contributed by atoms with Gasteiger partial charge in [0.05, 0.1) is 11.7 Å². The molecule has 1 heterocycles. The number of aryl methyl sites for hydroxylation is 2. The van der Waals surface area contributed by atoms with Crippen molar-refractivity contribution in [1.29, 1.82) is 0 Å². The Kier molecular flexibility index (Phi) is 5.33. The lowest BCUT2D eigenvalue weighted by atomic mass is 10.1. The van der Waals surface area contributed by atoms with Gasteiger partial charge in [-0.1, -0.05) is 15.9 Å². The summed E-state index contributed by atoms with van der Waals surface area (Å²) >= 11 is 4.55. The van der Waals surface area contributed by atoms with E-state index in [0.717, 1.165) is 33.0 Å². The van der Waals surface area contributed by atoms with Gasteiger partial charge in [0.25, 0.3) is 0 Å². The lowest BCUT2D eigenvalue weighted by molar-refractivity contribution is 0.115. The maximum Gasteiger partial charge on any atom is 0.245 e. The monoisotopic (exact) mass is 357 g/mol. The molecule has 108 valence electrons. The van der Waals surface area contributed by atoms with Gasteiger partial charge in [-0.25, -0.2) is 0 Å². The Morgan fingerprint density at radius 1 is 1.40 bits per heavy atom. The summed E-state index contributed by atoms with van der Waals surface area (Å²) in [6.07, 6.45) is 0.924. The summed E-state index contributed by atoms with van der Waals surface area (Å²) in [4.78, 5) is 0. The van der Waals surface area contributed by atoms with Crippen molar-refractivity contribution in [2.24, 2.45) is 0 Å². The molecule has 1 unspecified atom stereocenters. The molecule has 0 aliphatic rings. The van der Waals surface area contributed by atoms with Crippen LogP contribution in [0.3, 0.4) is 0 Å². The predicted molar refractivity (Wildman–Crippen MR) is 83.5 cm³/mol. The summed E-state index contributed by atoms with van der Waals surface area (Å²) in [5.74, 6) is 0.449. The molecule has 5 nitrogen and oxygen atoms in total. The molecular weight excluding hydrogens is 342 g/mol. The summed E-state index contributed by atoms with van der Waals surface area (Å²) in [6, 6.07) is 4.08. The van der Waals surface area contributed by atoms with Crippen LogP contribution in [0.1, 0.15) is 11.1 Å². The number of ether oxygens (including phenoxy) is 1. The van der Waals surface area contributed by atoms with Crippen molar-refractivity contribution in [3.05, 3.63) is 33.9 Å². The van der Waals surface area contributed by atoms with Crippen LogP contribution in [0.25, 0.3) is 0 Å². The minimum absolute atomic E-state index is 0.188. The third-order valence-electron chi connectivity index (χ3n) is 2.78. The second kappa shape index (κ2) is 7.01. The van der Waals surface area contributed by atoms with Crippen LogP contribution < -0.4 is 10.1 Å². The second-order valence-electron chi connectivity index (χ2n) is 4.51. The van der Waals surface area contributed by atoms with E-state index in [0.29, 0.717) is 12.4 Å². The summed E-state index contributed by atoms with van der Waals surface area (Å²) in [6.45, 7) is 4.67. The maximum atomic E-state index is 9.90. The van der Waals surface area contributed by atoms with Gasteiger partial charge in [0.1, 0.15) is 18.9 Å². The van der Waals surface area contributed by atoms with Crippen molar-refractivity contribution in [3.63, 3.8) is 0 Å². The lowest BCUT2D eigenvalue weighted by Gasteiger charge is -2.16. The predicted octanol–water partition coefficient (Wildman–Crippen LogP) is 2.77. The van der Waals surface area contributed by atoms with E-state index in [1.165, 1.54) is 6.20 Å². The topological polar surface area (TPSA) is 67.3 Å². The molecular formula is C13H16BrN3O2S. The number of halogens is 1. The van der Waals surface area contributed by atoms with Gasteiger partial charge in [-0.05, 0) is 37.1 Å². The summed E-state index contributed by atoms with van der Waals surface area (Å²) in [5.41, 5.74) is 3.31. The van der Waals surface area contributed by atoms with E-state index >= 15 is 0 Å². The number of rotatable bonds is 6. The third kappa shape index (κ3) is 4.16. The molecule has 2 rings (SSSR count). The van der Waals surface area contributed by atoms with Gasteiger partial charge < -0.3 is 15.2 Å². The SMILES string of the molecule is Cc1cc(Br)cc(C)c1NCC(O)COc1cnsn1. The van der Waals surface area contributed by atoms with Crippen LogP contribution in [0.15, 0.2) is 22.8 Å². The molecule has 0 bridgehead atoms. The Balaban J connectivity index is 1.85. The molecule has 2 aromatic rings. The molecule has 0 spiro atoms. The van der Waals surface area contributed by atoms with E-state index in [1.807, 2.05) is 26.0 Å². The van der Waals surface area contributed by atoms with E-state index in [2.05, 4.69) is 30.0 Å². The fourth-order valence-corrected chi connectivity index (χ4v) is 2.92. The highest BCUT2D eigenvalue weighted by atomic mass is 79.9. The summed E-state index contributed by atoms with van der Waals surface area (Å²) in [7, 11) is 0. The van der Waals surface area contributed by atoms with Crippen LogP contribution in [-0.4, -0.2) is 33.1 Å². The van der Waals surface area contributed by atoms with E-state index in [1.54, 1.807) is 0 Å². The van der Waals surface area contributed by atoms with Crippen molar-refractivity contribution in [1.82, 2.24) is 8.75 Å². The Morgan fingerprint density at radius 2 is 2.10 bits per heavy atom. The molecule has 0 radical (unpaired) electrons. The number of nitrogens with zero attached hydrogens (tertiary/aromatic N) is 2. The zero-order chi connectivity index (χ0) is 14.5. The highest BCUT2D eigenvalue weighted by molar-refractivity contribution is 9.10. The molecule has 1 aromatic heterocycles. The van der Waals surface area contributed by atoms with Crippen LogP contribution in [-0.2, 0) is 0 Å². The van der Waals surface area contributed by atoms with Crippen LogP contribution in [0.4, 0.5) is 5.69 Å². The van der Waals surface area contributed by atoms with Gasteiger partial charge in [0.15, 0.2) is 0 Å². The van der Waals surface area contributed by atoms with E-state index < -0.39 is 6.10 Å². The fraction of sp³-hybridized carbons (Fsp3) is 0.385. The Hall–Kier alpha value is -1.18. The van der Waals surface area contributed by atoms with Crippen molar-refractivity contribution in [3.8, 4) is 5.88 Å². The maximum absolute atomic E-state index is 9.90. The number of anilines is 1. The number of aliphatic hydroxyl groups excluding tert-OH is 1. The zero-order valence-corrected chi connectivity index (χ0v) is 13.7. The Labute approximate surface area is 130 Å². The second-order valence-corrected chi connectivity index (χ2v) is 5.98. The third-order valence-corrected chi connectivity index (χ3v) is 3.70. The highest BCUT2D eigenvalue weighted by Crippen LogP contribution is 2.24. The van der Waals surface area contributed by atoms with Gasteiger partial charge >= 0.3 is 0 Å². The van der Waals surface area contributed by atoms with Crippen LogP contribution in [0.2, 0.25) is 0 Å². The van der Waals surface area contributed by atoms with E-state index in [-0.39, 0.29) is 6.61 Å². The average molecular weight is 358 g/mol. The number of hydrogen-bond donors (Lipinski definition) is 2. The van der Waals surface area contributed by atoms with Gasteiger partial charge in [-0.15, -0.1) is 4.37 Å². The molecule has 1 aromatic carbocycles. The number of aliphatic hydroxyl groups is 1. The first kappa shape index (κ1) is 15.2. The molecule has 0 aliphatic heterocycles. The van der Waals surface area contributed by atoms with Crippen LogP contribution >= 0.6 is 27.7 Å². The molecule has 2 N–H and O–H groups in total.